The fraction of sp³-hybridized carbons (Fsp3) is 0.455. The summed E-state index contributed by atoms with van der Waals surface area (Å²) < 4.78 is 0.605. The van der Waals surface area contributed by atoms with Gasteiger partial charge in [-0.25, -0.2) is 0 Å². The zero-order valence-corrected chi connectivity index (χ0v) is 11.7. The van der Waals surface area contributed by atoms with Crippen LogP contribution < -0.4 is 5.32 Å². The molecular formula is C11H15IN2O3. The molecule has 0 amide bonds. The van der Waals surface area contributed by atoms with E-state index >= 15 is 0 Å². The Kier molecular flexibility index (Phi) is 5.63. The average molecular weight is 350 g/mol. The fourth-order valence-corrected chi connectivity index (χ4v) is 2.06. The first-order valence-electron chi connectivity index (χ1n) is 5.40. The van der Waals surface area contributed by atoms with Crippen LogP contribution in [0, 0.1) is 13.7 Å². The quantitative estimate of drug-likeness (QED) is 0.470. The van der Waals surface area contributed by atoms with Gasteiger partial charge in [-0.15, -0.1) is 0 Å². The second kappa shape index (κ2) is 6.75. The van der Waals surface area contributed by atoms with Crippen molar-refractivity contribution >= 4 is 34.0 Å². The van der Waals surface area contributed by atoms with Crippen LogP contribution in [0.3, 0.4) is 0 Å². The number of rotatable bonds is 6. The molecule has 0 radical (unpaired) electrons. The van der Waals surface area contributed by atoms with Crippen LogP contribution in [0.4, 0.5) is 11.4 Å². The molecule has 2 N–H and O–H groups in total. The molecule has 0 aliphatic carbocycles. The summed E-state index contributed by atoms with van der Waals surface area (Å²) in [5.41, 5.74) is 0.952. The molecule has 1 aromatic rings. The summed E-state index contributed by atoms with van der Waals surface area (Å²) in [6.45, 7) is 2.59. The van der Waals surface area contributed by atoms with Crippen molar-refractivity contribution in [3.63, 3.8) is 0 Å². The lowest BCUT2D eigenvalue weighted by atomic mass is 10.2. The Balaban J connectivity index is 2.56. The third-order valence-electron chi connectivity index (χ3n) is 2.42. The van der Waals surface area contributed by atoms with Gasteiger partial charge in [-0.05, 0) is 47.6 Å². The predicted octanol–water partition coefficient (Wildman–Crippen LogP) is 2.77. The van der Waals surface area contributed by atoms with Gasteiger partial charge in [0, 0.05) is 18.3 Å². The first-order chi connectivity index (χ1) is 8.04. The van der Waals surface area contributed by atoms with E-state index < -0.39 is 4.92 Å². The molecule has 17 heavy (non-hydrogen) atoms. The summed E-state index contributed by atoms with van der Waals surface area (Å²) in [7, 11) is 0. The van der Waals surface area contributed by atoms with E-state index in [-0.39, 0.29) is 11.8 Å². The summed E-state index contributed by atoms with van der Waals surface area (Å²) in [6, 6.07) is 4.90. The highest BCUT2D eigenvalue weighted by molar-refractivity contribution is 14.1. The van der Waals surface area contributed by atoms with Crippen molar-refractivity contribution in [1.29, 1.82) is 0 Å². The van der Waals surface area contributed by atoms with E-state index in [9.17, 15) is 15.2 Å². The molecule has 5 nitrogen and oxygen atoms in total. The molecule has 1 unspecified atom stereocenters. The van der Waals surface area contributed by atoms with Crippen molar-refractivity contribution in [2.75, 3.05) is 11.9 Å². The zero-order valence-electron chi connectivity index (χ0n) is 9.52. The van der Waals surface area contributed by atoms with Crippen molar-refractivity contribution in [1.82, 2.24) is 0 Å². The van der Waals surface area contributed by atoms with Gasteiger partial charge in [0.15, 0.2) is 0 Å². The van der Waals surface area contributed by atoms with Crippen molar-refractivity contribution in [2.45, 2.75) is 25.9 Å². The van der Waals surface area contributed by atoms with E-state index in [4.69, 9.17) is 0 Å². The summed E-state index contributed by atoms with van der Waals surface area (Å²) in [6.07, 6.45) is 1.11. The van der Waals surface area contributed by atoms with Gasteiger partial charge >= 0.3 is 0 Å². The normalized spacial score (nSPS) is 12.2. The number of aliphatic hydroxyl groups is 1. The number of nitro benzene ring substituents is 1. The fourth-order valence-electron chi connectivity index (χ4n) is 1.35. The van der Waals surface area contributed by atoms with Crippen LogP contribution in [-0.4, -0.2) is 22.7 Å². The van der Waals surface area contributed by atoms with Crippen molar-refractivity contribution < 1.29 is 10.0 Å². The van der Waals surface area contributed by atoms with Gasteiger partial charge in [0.2, 0.25) is 0 Å². The Morgan fingerprint density at radius 1 is 1.59 bits per heavy atom. The van der Waals surface area contributed by atoms with Crippen LogP contribution in [0.1, 0.15) is 19.8 Å². The maximum atomic E-state index is 10.6. The van der Waals surface area contributed by atoms with Crippen LogP contribution in [0.5, 0.6) is 0 Å². The highest BCUT2D eigenvalue weighted by Gasteiger charge is 2.11. The molecule has 1 rings (SSSR count). The van der Waals surface area contributed by atoms with Crippen molar-refractivity contribution in [3.8, 4) is 0 Å². The number of hydrogen-bond acceptors (Lipinski definition) is 4. The number of nitrogens with zero attached hydrogens (tertiary/aromatic N) is 1. The first kappa shape index (κ1) is 14.2. The third kappa shape index (κ3) is 4.47. The van der Waals surface area contributed by atoms with Crippen molar-refractivity contribution in [2.24, 2.45) is 0 Å². The highest BCUT2D eigenvalue weighted by atomic mass is 127. The monoisotopic (exact) mass is 350 g/mol. The van der Waals surface area contributed by atoms with E-state index in [0.29, 0.717) is 16.5 Å². The summed E-state index contributed by atoms with van der Waals surface area (Å²) in [4.78, 5) is 10.2. The molecule has 0 aliphatic heterocycles. The molecule has 0 bridgehead atoms. The molecule has 0 spiro atoms. The van der Waals surface area contributed by atoms with Crippen molar-refractivity contribution in [3.05, 3.63) is 31.9 Å². The van der Waals surface area contributed by atoms with E-state index in [2.05, 4.69) is 5.32 Å². The molecule has 6 heteroatoms. The molecule has 0 aromatic heterocycles. The smallest absolute Gasteiger partial charge is 0.282 e. The number of nitro groups is 1. The van der Waals surface area contributed by atoms with Crippen LogP contribution in [0.2, 0.25) is 0 Å². The topological polar surface area (TPSA) is 75.4 Å². The molecule has 0 heterocycles. The predicted molar refractivity (Wildman–Crippen MR) is 75.2 cm³/mol. The Bertz CT molecular complexity index is 398. The Hall–Kier alpha value is -0.890. The molecule has 1 atom stereocenters. The minimum atomic E-state index is -0.396. The van der Waals surface area contributed by atoms with Gasteiger partial charge in [0.25, 0.3) is 5.69 Å². The van der Waals surface area contributed by atoms with Gasteiger partial charge < -0.3 is 10.4 Å². The van der Waals surface area contributed by atoms with Crippen LogP contribution in [0.25, 0.3) is 0 Å². The van der Waals surface area contributed by atoms with Gasteiger partial charge in [0.05, 0.1) is 14.6 Å². The van der Waals surface area contributed by atoms with Gasteiger partial charge in [-0.2, -0.15) is 0 Å². The lowest BCUT2D eigenvalue weighted by molar-refractivity contribution is -0.385. The number of nitrogens with one attached hydrogen (secondary N) is 1. The van der Waals surface area contributed by atoms with Crippen LogP contribution >= 0.6 is 22.6 Å². The van der Waals surface area contributed by atoms with Crippen LogP contribution in [-0.2, 0) is 0 Å². The minimum Gasteiger partial charge on any atom is -0.393 e. The molecule has 1 aromatic carbocycles. The lowest BCUT2D eigenvalue weighted by Gasteiger charge is -2.10. The minimum absolute atomic E-state index is 0.116. The number of aliphatic hydroxyl groups excluding tert-OH is 1. The Morgan fingerprint density at radius 2 is 2.29 bits per heavy atom. The SMILES string of the molecule is CCC(O)CCNc1ccc([N+](=O)[O-])c(I)c1. The van der Waals surface area contributed by atoms with E-state index in [1.807, 2.05) is 29.5 Å². The van der Waals surface area contributed by atoms with Crippen LogP contribution in [0.15, 0.2) is 18.2 Å². The van der Waals surface area contributed by atoms with E-state index in [0.717, 1.165) is 12.1 Å². The van der Waals surface area contributed by atoms with Gasteiger partial charge in [0.1, 0.15) is 0 Å². The Morgan fingerprint density at radius 3 is 2.82 bits per heavy atom. The maximum absolute atomic E-state index is 10.6. The standard InChI is InChI=1S/C11H15IN2O3/c1-2-9(15)5-6-13-8-3-4-11(14(16)17)10(12)7-8/h3-4,7,9,13,15H,2,5-6H2,1H3. The second-order valence-corrected chi connectivity index (χ2v) is 4.86. The summed E-state index contributed by atoms with van der Waals surface area (Å²) in [5.74, 6) is 0. The molecule has 0 saturated heterocycles. The molecule has 0 saturated carbocycles. The summed E-state index contributed by atoms with van der Waals surface area (Å²) >= 11 is 1.94. The Labute approximate surface area is 114 Å². The van der Waals surface area contributed by atoms with E-state index in [1.165, 1.54) is 6.07 Å². The highest BCUT2D eigenvalue weighted by Crippen LogP contribution is 2.24. The third-order valence-corrected chi connectivity index (χ3v) is 3.29. The average Bonchev–Trinajstić information content (AvgIpc) is 2.28. The molecule has 94 valence electrons. The number of halogens is 1. The second-order valence-electron chi connectivity index (χ2n) is 3.70. The number of hydrogen-bond donors (Lipinski definition) is 2. The maximum Gasteiger partial charge on any atom is 0.282 e. The molecule has 0 fully saturated rings. The van der Waals surface area contributed by atoms with E-state index in [1.54, 1.807) is 12.1 Å². The largest absolute Gasteiger partial charge is 0.393 e. The first-order valence-corrected chi connectivity index (χ1v) is 6.48. The molecule has 0 aliphatic rings. The lowest BCUT2D eigenvalue weighted by Crippen LogP contribution is -2.12. The zero-order chi connectivity index (χ0) is 12.8. The summed E-state index contributed by atoms with van der Waals surface area (Å²) in [5, 5.41) is 23.1. The number of benzene rings is 1. The molecular weight excluding hydrogens is 335 g/mol. The number of anilines is 1. The van der Waals surface area contributed by atoms with Gasteiger partial charge in [-0.3, -0.25) is 10.1 Å². The van der Waals surface area contributed by atoms with Gasteiger partial charge in [-0.1, -0.05) is 6.92 Å².